The summed E-state index contributed by atoms with van der Waals surface area (Å²) in [6.07, 6.45) is 1.18. The van der Waals surface area contributed by atoms with E-state index in [0.717, 1.165) is 5.02 Å². The van der Waals surface area contributed by atoms with Crippen molar-refractivity contribution in [3.05, 3.63) is 28.8 Å². The van der Waals surface area contributed by atoms with Gasteiger partial charge in [-0.15, -0.1) is 11.8 Å². The van der Waals surface area contributed by atoms with Gasteiger partial charge in [0, 0.05) is 27.3 Å². The van der Waals surface area contributed by atoms with Crippen LogP contribution in [0.15, 0.2) is 23.1 Å². The third-order valence-corrected chi connectivity index (χ3v) is 4.23. The van der Waals surface area contributed by atoms with Gasteiger partial charge in [0.05, 0.1) is 0 Å². The first-order valence-corrected chi connectivity index (χ1v) is 7.04. The lowest BCUT2D eigenvalue weighted by Crippen LogP contribution is -2.32. The number of hydrogen-bond donors (Lipinski definition) is 1. The molecule has 0 saturated heterocycles. The molecule has 1 aromatic carbocycles. The second-order valence-corrected chi connectivity index (χ2v) is 6.64. The molecule has 0 spiro atoms. The topological polar surface area (TPSA) is 12.0 Å². The molecular formula is C13H18ClNS. The SMILES string of the molecule is CC(C)NC1CC(C)Sc2ccc(Cl)cc21. The number of thioether (sulfide) groups is 1. The van der Waals surface area contributed by atoms with E-state index in [1.165, 1.54) is 16.9 Å². The fourth-order valence-electron chi connectivity index (χ4n) is 2.18. The summed E-state index contributed by atoms with van der Waals surface area (Å²) in [5.41, 5.74) is 1.37. The highest BCUT2D eigenvalue weighted by Crippen LogP contribution is 2.41. The molecule has 1 nitrogen and oxygen atoms in total. The molecule has 0 bridgehead atoms. The van der Waals surface area contributed by atoms with Crippen LogP contribution in [0.3, 0.4) is 0 Å². The first-order chi connectivity index (χ1) is 7.56. The Labute approximate surface area is 107 Å². The summed E-state index contributed by atoms with van der Waals surface area (Å²) in [6, 6.07) is 7.19. The van der Waals surface area contributed by atoms with E-state index in [-0.39, 0.29) is 0 Å². The first-order valence-electron chi connectivity index (χ1n) is 5.78. The molecule has 0 saturated carbocycles. The summed E-state index contributed by atoms with van der Waals surface area (Å²) in [5.74, 6) is 0. The Hall–Kier alpha value is -0.180. The summed E-state index contributed by atoms with van der Waals surface area (Å²) >= 11 is 8.03. The highest BCUT2D eigenvalue weighted by Gasteiger charge is 2.25. The van der Waals surface area contributed by atoms with Crippen molar-refractivity contribution in [1.29, 1.82) is 0 Å². The molecule has 0 amide bonds. The van der Waals surface area contributed by atoms with Crippen LogP contribution in [-0.2, 0) is 0 Å². The Morgan fingerprint density at radius 1 is 1.44 bits per heavy atom. The second kappa shape index (κ2) is 4.99. The summed E-state index contributed by atoms with van der Waals surface area (Å²) < 4.78 is 0. The van der Waals surface area contributed by atoms with Crippen LogP contribution in [0, 0.1) is 0 Å². The lowest BCUT2D eigenvalue weighted by atomic mass is 10.0. The fraction of sp³-hybridized carbons (Fsp3) is 0.538. The first kappa shape index (κ1) is 12.3. The van der Waals surface area contributed by atoms with E-state index in [1.54, 1.807) is 0 Å². The minimum atomic E-state index is 0.449. The molecule has 1 heterocycles. The summed E-state index contributed by atoms with van der Waals surface area (Å²) in [4.78, 5) is 1.38. The Balaban J connectivity index is 2.31. The van der Waals surface area contributed by atoms with Gasteiger partial charge >= 0.3 is 0 Å². The van der Waals surface area contributed by atoms with Gasteiger partial charge in [0.15, 0.2) is 0 Å². The van der Waals surface area contributed by atoms with Crippen molar-refractivity contribution < 1.29 is 0 Å². The summed E-state index contributed by atoms with van der Waals surface area (Å²) in [7, 11) is 0. The van der Waals surface area contributed by atoms with Crippen molar-refractivity contribution in [2.24, 2.45) is 0 Å². The van der Waals surface area contributed by atoms with Crippen molar-refractivity contribution in [3.8, 4) is 0 Å². The monoisotopic (exact) mass is 255 g/mol. The van der Waals surface area contributed by atoms with E-state index < -0.39 is 0 Å². The van der Waals surface area contributed by atoms with E-state index in [0.29, 0.717) is 17.3 Å². The normalized spacial score (nSPS) is 24.6. The molecule has 88 valence electrons. The predicted molar refractivity (Wildman–Crippen MR) is 72.4 cm³/mol. The zero-order valence-corrected chi connectivity index (χ0v) is 11.5. The molecule has 2 rings (SSSR count). The maximum absolute atomic E-state index is 6.08. The average molecular weight is 256 g/mol. The number of benzene rings is 1. The van der Waals surface area contributed by atoms with Crippen molar-refractivity contribution in [2.45, 2.75) is 49.4 Å². The zero-order valence-electron chi connectivity index (χ0n) is 9.96. The summed E-state index contributed by atoms with van der Waals surface area (Å²) in [6.45, 7) is 6.67. The molecule has 16 heavy (non-hydrogen) atoms. The van der Waals surface area contributed by atoms with Gasteiger partial charge in [-0.1, -0.05) is 32.4 Å². The van der Waals surface area contributed by atoms with Crippen LogP contribution in [0.2, 0.25) is 5.02 Å². The fourth-order valence-corrected chi connectivity index (χ4v) is 3.57. The molecule has 1 aromatic rings. The minimum absolute atomic E-state index is 0.449. The lowest BCUT2D eigenvalue weighted by molar-refractivity contribution is 0.442. The van der Waals surface area contributed by atoms with Crippen LogP contribution in [0.4, 0.5) is 0 Å². The molecule has 1 N–H and O–H groups in total. The number of nitrogens with one attached hydrogen (secondary N) is 1. The zero-order chi connectivity index (χ0) is 11.7. The van der Waals surface area contributed by atoms with Gasteiger partial charge in [0.2, 0.25) is 0 Å². The summed E-state index contributed by atoms with van der Waals surface area (Å²) in [5, 5.41) is 5.13. The van der Waals surface area contributed by atoms with Crippen molar-refractivity contribution in [3.63, 3.8) is 0 Å². The van der Waals surface area contributed by atoms with E-state index in [9.17, 15) is 0 Å². The maximum Gasteiger partial charge on any atom is 0.0410 e. The quantitative estimate of drug-likeness (QED) is 0.847. The number of fused-ring (bicyclic) bond motifs is 1. The van der Waals surface area contributed by atoms with Crippen LogP contribution < -0.4 is 5.32 Å². The van der Waals surface area contributed by atoms with Gasteiger partial charge in [-0.3, -0.25) is 0 Å². The molecular weight excluding hydrogens is 238 g/mol. The maximum atomic E-state index is 6.08. The van der Waals surface area contributed by atoms with Gasteiger partial charge in [0.1, 0.15) is 0 Å². The Bertz CT molecular complexity index is 378. The predicted octanol–water partition coefficient (Wildman–Crippen LogP) is 4.26. The van der Waals surface area contributed by atoms with Crippen LogP contribution in [0.5, 0.6) is 0 Å². The Kier molecular flexibility index (Phi) is 3.83. The molecule has 1 aliphatic heterocycles. The average Bonchev–Trinajstić information content (AvgIpc) is 2.18. The van der Waals surface area contributed by atoms with Crippen molar-refractivity contribution in [2.75, 3.05) is 0 Å². The van der Waals surface area contributed by atoms with E-state index in [4.69, 9.17) is 11.6 Å². The molecule has 0 radical (unpaired) electrons. The Morgan fingerprint density at radius 3 is 2.88 bits per heavy atom. The molecule has 0 aliphatic carbocycles. The van der Waals surface area contributed by atoms with Gasteiger partial charge in [-0.05, 0) is 30.2 Å². The molecule has 3 heteroatoms. The van der Waals surface area contributed by atoms with E-state index in [2.05, 4.69) is 38.2 Å². The van der Waals surface area contributed by atoms with E-state index in [1.807, 2.05) is 17.8 Å². The molecule has 0 fully saturated rings. The number of hydrogen-bond acceptors (Lipinski definition) is 2. The van der Waals surface area contributed by atoms with Gasteiger partial charge in [0.25, 0.3) is 0 Å². The standard InChI is InChI=1S/C13H18ClNS/c1-8(2)15-12-6-9(3)16-13-5-4-10(14)7-11(12)13/h4-5,7-9,12,15H,6H2,1-3H3. The van der Waals surface area contributed by atoms with E-state index >= 15 is 0 Å². The minimum Gasteiger partial charge on any atom is -0.308 e. The number of halogens is 1. The van der Waals surface area contributed by atoms with Crippen molar-refractivity contribution in [1.82, 2.24) is 5.32 Å². The second-order valence-electron chi connectivity index (χ2n) is 4.72. The third-order valence-electron chi connectivity index (χ3n) is 2.78. The van der Waals surface area contributed by atoms with Gasteiger partial charge in [-0.25, -0.2) is 0 Å². The van der Waals surface area contributed by atoms with Crippen molar-refractivity contribution >= 4 is 23.4 Å². The van der Waals surface area contributed by atoms with Gasteiger partial charge in [-0.2, -0.15) is 0 Å². The van der Waals surface area contributed by atoms with Crippen LogP contribution in [-0.4, -0.2) is 11.3 Å². The largest absolute Gasteiger partial charge is 0.308 e. The van der Waals surface area contributed by atoms with Crippen LogP contribution >= 0.6 is 23.4 Å². The highest BCUT2D eigenvalue weighted by atomic mass is 35.5. The molecule has 2 unspecified atom stereocenters. The molecule has 0 aromatic heterocycles. The third kappa shape index (κ3) is 2.73. The van der Waals surface area contributed by atoms with Crippen LogP contribution in [0.25, 0.3) is 0 Å². The highest BCUT2D eigenvalue weighted by molar-refractivity contribution is 8.00. The lowest BCUT2D eigenvalue weighted by Gasteiger charge is -2.31. The van der Waals surface area contributed by atoms with Crippen LogP contribution in [0.1, 0.15) is 38.8 Å². The smallest absolute Gasteiger partial charge is 0.0410 e. The molecule has 2 atom stereocenters. The molecule has 1 aliphatic rings. The Morgan fingerprint density at radius 2 is 2.19 bits per heavy atom. The van der Waals surface area contributed by atoms with Gasteiger partial charge < -0.3 is 5.32 Å². The number of rotatable bonds is 2.